The zero-order chi connectivity index (χ0) is 22.8. The zero-order valence-electron chi connectivity index (χ0n) is 17.3. The first-order valence-electron chi connectivity index (χ1n) is 10.5. The Kier molecular flexibility index (Phi) is 4.86. The molecule has 2 aliphatic rings. The van der Waals surface area contributed by atoms with Gasteiger partial charge >= 0.3 is 5.97 Å². The van der Waals surface area contributed by atoms with Gasteiger partial charge in [0.15, 0.2) is 0 Å². The Morgan fingerprint density at radius 2 is 1.78 bits per heavy atom. The van der Waals surface area contributed by atoms with E-state index in [4.69, 9.17) is 0 Å². The highest BCUT2D eigenvalue weighted by molar-refractivity contribution is 7.89. The molecule has 5 rings (SSSR count). The number of carbonyl (C=O) groups is 1. The lowest BCUT2D eigenvalue weighted by Gasteiger charge is -2.25. The van der Waals surface area contributed by atoms with E-state index in [1.807, 2.05) is 0 Å². The quantitative estimate of drug-likeness (QED) is 0.624. The van der Waals surface area contributed by atoms with Gasteiger partial charge in [-0.2, -0.15) is 4.31 Å². The number of hydrogen-bond acceptors (Lipinski definition) is 3. The number of fused-ring (bicyclic) bond motifs is 3. The molecule has 0 amide bonds. The van der Waals surface area contributed by atoms with Crippen LogP contribution in [0, 0.1) is 18.6 Å². The van der Waals surface area contributed by atoms with Gasteiger partial charge in [0, 0.05) is 34.6 Å². The molecule has 168 valence electrons. The van der Waals surface area contributed by atoms with Crippen LogP contribution in [0.4, 0.5) is 8.78 Å². The Bertz CT molecular complexity index is 1330. The number of rotatable bonds is 5. The first kappa shape index (κ1) is 21.1. The third kappa shape index (κ3) is 3.14. The van der Waals surface area contributed by atoms with Gasteiger partial charge in [0.25, 0.3) is 0 Å². The predicted molar refractivity (Wildman–Crippen MR) is 114 cm³/mol. The van der Waals surface area contributed by atoms with Gasteiger partial charge in [-0.1, -0.05) is 0 Å². The topological polar surface area (TPSA) is 79.6 Å². The SMILES string of the molecule is Cc1c(C2CC3CCC2N3S(=O)(=O)c2ccc(F)cc2)c2cc(F)ccc2n1CC(=O)O. The summed E-state index contributed by atoms with van der Waals surface area (Å²) in [6, 6.07) is 8.57. The number of aliphatic carboxylic acids is 1. The minimum absolute atomic E-state index is 0.0486. The maximum atomic E-state index is 14.2. The number of carboxylic acids is 1. The summed E-state index contributed by atoms with van der Waals surface area (Å²) in [6.45, 7) is 1.55. The fourth-order valence-corrected chi connectivity index (χ4v) is 7.56. The van der Waals surface area contributed by atoms with Crippen LogP contribution in [0.15, 0.2) is 47.4 Å². The summed E-state index contributed by atoms with van der Waals surface area (Å²) in [6.07, 6.45) is 1.97. The molecule has 6 nitrogen and oxygen atoms in total. The first-order valence-corrected chi connectivity index (χ1v) is 11.9. The Morgan fingerprint density at radius 3 is 2.47 bits per heavy atom. The Morgan fingerprint density at radius 1 is 1.09 bits per heavy atom. The van der Waals surface area contributed by atoms with Crippen LogP contribution in [0.5, 0.6) is 0 Å². The van der Waals surface area contributed by atoms with Crippen LogP contribution in [0.1, 0.15) is 36.4 Å². The molecular weight excluding hydrogens is 438 g/mol. The van der Waals surface area contributed by atoms with Crippen molar-refractivity contribution in [2.24, 2.45) is 0 Å². The van der Waals surface area contributed by atoms with Crippen molar-refractivity contribution in [1.82, 2.24) is 8.87 Å². The second kappa shape index (κ2) is 7.38. The predicted octanol–water partition coefficient (Wildman–Crippen LogP) is 4.02. The summed E-state index contributed by atoms with van der Waals surface area (Å²) in [5, 5.41) is 10.00. The molecule has 3 aromatic rings. The van der Waals surface area contributed by atoms with Crippen LogP contribution < -0.4 is 0 Å². The fraction of sp³-hybridized carbons (Fsp3) is 0.348. The standard InChI is InChI=1S/C23H22F2N2O4S/c1-13-23(18-10-15(25)4-8-20(18)26(13)12-22(28)29)19-11-16-5-9-21(19)27(16)32(30,31)17-6-2-14(24)3-7-17/h2-4,6-8,10,16,19,21H,5,9,11-12H2,1H3,(H,28,29). The first-order chi connectivity index (χ1) is 15.2. The van der Waals surface area contributed by atoms with E-state index in [9.17, 15) is 27.1 Å². The van der Waals surface area contributed by atoms with E-state index in [0.717, 1.165) is 24.1 Å². The molecule has 9 heteroatoms. The summed E-state index contributed by atoms with van der Waals surface area (Å²) in [7, 11) is -3.83. The molecule has 2 aromatic carbocycles. The number of benzene rings is 2. The van der Waals surface area contributed by atoms with Crippen LogP contribution in [-0.4, -0.2) is 40.4 Å². The van der Waals surface area contributed by atoms with Gasteiger partial charge in [-0.3, -0.25) is 4.79 Å². The average molecular weight is 461 g/mol. The van der Waals surface area contributed by atoms with Gasteiger partial charge in [-0.05, 0) is 74.2 Å². The van der Waals surface area contributed by atoms with Crippen molar-refractivity contribution < 1.29 is 27.1 Å². The lowest BCUT2D eigenvalue weighted by atomic mass is 9.82. The van der Waals surface area contributed by atoms with Crippen LogP contribution in [0.25, 0.3) is 10.9 Å². The maximum absolute atomic E-state index is 14.2. The van der Waals surface area contributed by atoms with E-state index < -0.39 is 27.6 Å². The normalized spacial score (nSPS) is 23.3. The average Bonchev–Trinajstić information content (AvgIpc) is 3.38. The smallest absolute Gasteiger partial charge is 0.323 e. The highest BCUT2D eigenvalue weighted by atomic mass is 32.2. The van der Waals surface area contributed by atoms with Gasteiger partial charge in [0.1, 0.15) is 18.2 Å². The van der Waals surface area contributed by atoms with Crippen LogP contribution >= 0.6 is 0 Å². The lowest BCUT2D eigenvalue weighted by molar-refractivity contribution is -0.137. The number of carboxylic acid groups (broad SMARTS) is 1. The molecule has 3 atom stereocenters. The lowest BCUT2D eigenvalue weighted by Crippen LogP contribution is -2.36. The van der Waals surface area contributed by atoms with Crippen molar-refractivity contribution >= 4 is 26.9 Å². The number of aromatic nitrogens is 1. The molecule has 1 aromatic heterocycles. The molecule has 0 spiro atoms. The van der Waals surface area contributed by atoms with Crippen molar-refractivity contribution in [3.63, 3.8) is 0 Å². The van der Waals surface area contributed by atoms with Crippen molar-refractivity contribution in [3.05, 3.63) is 65.4 Å². The van der Waals surface area contributed by atoms with Gasteiger partial charge in [-0.25, -0.2) is 17.2 Å². The number of halogens is 2. The van der Waals surface area contributed by atoms with E-state index in [0.29, 0.717) is 29.4 Å². The van der Waals surface area contributed by atoms with Gasteiger partial charge < -0.3 is 9.67 Å². The molecule has 2 aliphatic heterocycles. The van der Waals surface area contributed by atoms with E-state index in [2.05, 4.69) is 0 Å². The maximum Gasteiger partial charge on any atom is 0.323 e. The molecule has 2 bridgehead atoms. The molecule has 1 N–H and O–H groups in total. The third-order valence-electron chi connectivity index (χ3n) is 6.86. The van der Waals surface area contributed by atoms with Crippen LogP contribution in [0.3, 0.4) is 0 Å². The second-order valence-electron chi connectivity index (χ2n) is 8.57. The molecule has 32 heavy (non-hydrogen) atoms. The highest BCUT2D eigenvalue weighted by Gasteiger charge is 2.53. The monoisotopic (exact) mass is 460 g/mol. The molecule has 3 unspecified atom stereocenters. The number of nitrogens with zero attached hydrogens (tertiary/aromatic N) is 2. The second-order valence-corrected chi connectivity index (χ2v) is 10.4. The fourth-order valence-electron chi connectivity index (χ4n) is 5.64. The molecule has 0 aliphatic carbocycles. The van der Waals surface area contributed by atoms with Gasteiger partial charge in [0.05, 0.1) is 4.90 Å². The van der Waals surface area contributed by atoms with Crippen LogP contribution in [0.2, 0.25) is 0 Å². The van der Waals surface area contributed by atoms with Gasteiger partial charge in [-0.15, -0.1) is 0 Å². The zero-order valence-corrected chi connectivity index (χ0v) is 18.1. The van der Waals surface area contributed by atoms with Crippen molar-refractivity contribution in [3.8, 4) is 0 Å². The molecule has 3 heterocycles. The van der Waals surface area contributed by atoms with E-state index in [1.165, 1.54) is 28.6 Å². The van der Waals surface area contributed by atoms with Crippen molar-refractivity contribution in [1.29, 1.82) is 0 Å². The molecule has 2 fully saturated rings. The van der Waals surface area contributed by atoms with E-state index in [-0.39, 0.29) is 29.4 Å². The van der Waals surface area contributed by atoms with E-state index in [1.54, 1.807) is 17.6 Å². The summed E-state index contributed by atoms with van der Waals surface area (Å²) in [5.74, 6) is -2.11. The van der Waals surface area contributed by atoms with E-state index >= 15 is 0 Å². The Balaban J connectivity index is 1.60. The Labute approximate surface area is 184 Å². The molecule has 2 saturated heterocycles. The van der Waals surface area contributed by atoms with Crippen molar-refractivity contribution in [2.45, 2.75) is 55.6 Å². The number of hydrogen-bond donors (Lipinski definition) is 1. The molecule has 0 saturated carbocycles. The minimum atomic E-state index is -3.83. The molecular formula is C23H22F2N2O4S. The number of sulfonamides is 1. The summed E-state index contributed by atoms with van der Waals surface area (Å²) in [5.41, 5.74) is 2.15. The summed E-state index contributed by atoms with van der Waals surface area (Å²) < 4.78 is 57.5. The highest BCUT2D eigenvalue weighted by Crippen LogP contribution is 2.51. The summed E-state index contributed by atoms with van der Waals surface area (Å²) >= 11 is 0. The minimum Gasteiger partial charge on any atom is -0.480 e. The van der Waals surface area contributed by atoms with Crippen LogP contribution in [-0.2, 0) is 21.4 Å². The Hall–Kier alpha value is -2.78. The molecule has 0 radical (unpaired) electrons. The van der Waals surface area contributed by atoms with Crippen molar-refractivity contribution in [2.75, 3.05) is 0 Å². The largest absolute Gasteiger partial charge is 0.480 e. The van der Waals surface area contributed by atoms with Gasteiger partial charge in [0.2, 0.25) is 10.0 Å². The third-order valence-corrected chi connectivity index (χ3v) is 8.85. The summed E-state index contributed by atoms with van der Waals surface area (Å²) in [4.78, 5) is 11.5.